The first kappa shape index (κ1) is 30.9. The van der Waals surface area contributed by atoms with Gasteiger partial charge in [0.15, 0.2) is 23.9 Å². The van der Waals surface area contributed by atoms with Gasteiger partial charge in [0.05, 0.1) is 19.9 Å². The highest BCUT2D eigenvalue weighted by molar-refractivity contribution is 8.00. The number of methoxy groups -OCH3 is 2. The molecule has 3 aromatic rings. The lowest BCUT2D eigenvalue weighted by molar-refractivity contribution is -0.113. The maximum atomic E-state index is 11.4. The normalized spacial score (nSPS) is 14.3. The van der Waals surface area contributed by atoms with Gasteiger partial charge in [0.2, 0.25) is 0 Å². The fraction of sp³-hybridized carbons (Fsp3) is 0.367. The largest absolute Gasteiger partial charge is 0.493 e. The second-order valence-electron chi connectivity index (χ2n) is 8.98. The van der Waals surface area contributed by atoms with Crippen LogP contribution in [0, 0.1) is 0 Å². The van der Waals surface area contributed by atoms with Crippen molar-refractivity contribution >= 4 is 29.4 Å². The van der Waals surface area contributed by atoms with Gasteiger partial charge in [-0.2, -0.15) is 0 Å². The number of ether oxygens (including phenoxy) is 4. The summed E-state index contributed by atoms with van der Waals surface area (Å²) in [6.45, 7) is 8.00. The van der Waals surface area contributed by atoms with E-state index in [1.807, 2.05) is 36.4 Å². The van der Waals surface area contributed by atoms with Crippen molar-refractivity contribution < 1.29 is 23.7 Å². The Morgan fingerprint density at radius 1 is 0.975 bits per heavy atom. The number of benzene rings is 3. The highest BCUT2D eigenvalue weighted by Gasteiger charge is 2.21. The summed E-state index contributed by atoms with van der Waals surface area (Å²) in [5.74, 6) is 2.84. The van der Waals surface area contributed by atoms with E-state index in [2.05, 4.69) is 24.1 Å². The summed E-state index contributed by atoms with van der Waals surface area (Å²) < 4.78 is 21.9. The van der Waals surface area contributed by atoms with Crippen LogP contribution in [-0.4, -0.2) is 57.1 Å². The molecule has 0 aliphatic carbocycles. The summed E-state index contributed by atoms with van der Waals surface area (Å²) in [6.07, 6.45) is 1.27. The zero-order valence-corrected chi connectivity index (χ0v) is 24.4. The minimum Gasteiger partial charge on any atom is -0.493 e. The van der Waals surface area contributed by atoms with Crippen LogP contribution >= 0.6 is 11.8 Å². The first-order chi connectivity index (χ1) is 19.4. The Hall–Kier alpha value is -3.60. The molecule has 2 unspecified atom stereocenters. The average molecular weight is 569 g/mol. The smallest absolute Gasteiger partial charge is 0.179 e. The van der Waals surface area contributed by atoms with Gasteiger partial charge >= 0.3 is 0 Å². The summed E-state index contributed by atoms with van der Waals surface area (Å²) in [7, 11) is 3.24. The van der Waals surface area contributed by atoms with Crippen LogP contribution < -0.4 is 35.7 Å². The first-order valence-corrected chi connectivity index (χ1v) is 14.2. The molecule has 0 bridgehead atoms. The van der Waals surface area contributed by atoms with E-state index in [0.717, 1.165) is 60.0 Å². The predicted octanol–water partition coefficient (Wildman–Crippen LogP) is 5.16. The molecule has 40 heavy (non-hydrogen) atoms. The number of likely N-dealkylation sites (N-methyl/N-ethyl adjacent to an activating group) is 1. The Morgan fingerprint density at radius 2 is 1.62 bits per heavy atom. The van der Waals surface area contributed by atoms with Gasteiger partial charge in [-0.15, -0.1) is 0 Å². The average Bonchev–Trinajstić information content (AvgIpc) is 3.35. The van der Waals surface area contributed by atoms with Crippen LogP contribution in [-0.2, 0) is 4.79 Å². The van der Waals surface area contributed by atoms with E-state index in [4.69, 9.17) is 30.4 Å². The van der Waals surface area contributed by atoms with E-state index < -0.39 is 6.10 Å². The van der Waals surface area contributed by atoms with Crippen molar-refractivity contribution in [3.63, 3.8) is 0 Å². The first-order valence-electron chi connectivity index (χ1n) is 13.3. The summed E-state index contributed by atoms with van der Waals surface area (Å²) in [5, 5.41) is 3.13. The van der Waals surface area contributed by atoms with Crippen molar-refractivity contribution in [2.45, 2.75) is 36.8 Å². The lowest BCUT2D eigenvalue weighted by Crippen LogP contribution is -2.28. The number of carbonyl (C=O) groups excluding carboxylic acids is 1. The van der Waals surface area contributed by atoms with Gasteiger partial charge in [0.25, 0.3) is 0 Å². The van der Waals surface area contributed by atoms with E-state index >= 15 is 0 Å². The Labute approximate surface area is 241 Å². The summed E-state index contributed by atoms with van der Waals surface area (Å²) in [6, 6.07) is 18.3. The lowest BCUT2D eigenvalue weighted by Gasteiger charge is -2.19. The number of thioether (sulfide) groups is 1. The van der Waals surface area contributed by atoms with Crippen LogP contribution in [0.5, 0.6) is 23.0 Å². The molecule has 0 saturated carbocycles. The molecule has 5 N–H and O–H groups in total. The summed E-state index contributed by atoms with van der Waals surface area (Å²) >= 11 is 1.57. The van der Waals surface area contributed by atoms with Crippen LogP contribution in [0.25, 0.3) is 0 Å². The van der Waals surface area contributed by atoms with Gasteiger partial charge in [-0.1, -0.05) is 37.7 Å². The predicted molar refractivity (Wildman–Crippen MR) is 162 cm³/mol. The number of nitrogens with two attached hydrogens (primary N) is 2. The van der Waals surface area contributed by atoms with Crippen molar-refractivity contribution in [3.05, 3.63) is 66.2 Å². The Bertz CT molecular complexity index is 1160. The molecule has 2 atom stereocenters. The number of fused-ring (bicyclic) bond motifs is 1. The highest BCUT2D eigenvalue weighted by Crippen LogP contribution is 2.43. The molecule has 1 heterocycles. The van der Waals surface area contributed by atoms with Crippen molar-refractivity contribution in [2.75, 3.05) is 51.5 Å². The maximum absolute atomic E-state index is 11.4. The fourth-order valence-corrected chi connectivity index (χ4v) is 4.93. The lowest BCUT2D eigenvalue weighted by atomic mass is 10.1. The van der Waals surface area contributed by atoms with Crippen LogP contribution in [0.2, 0.25) is 0 Å². The zero-order chi connectivity index (χ0) is 28.9. The Morgan fingerprint density at radius 3 is 2.23 bits per heavy atom. The maximum Gasteiger partial charge on any atom is 0.179 e. The van der Waals surface area contributed by atoms with E-state index in [1.54, 1.807) is 50.2 Å². The number of nitrogen functional groups attached to an aromatic ring is 1. The molecule has 3 aromatic carbocycles. The van der Waals surface area contributed by atoms with Gasteiger partial charge in [-0.25, -0.2) is 0 Å². The third-order valence-electron chi connectivity index (χ3n) is 6.18. The quantitative estimate of drug-likeness (QED) is 0.188. The monoisotopic (exact) mass is 568 g/mol. The minimum atomic E-state index is -0.659. The molecular weight excluding hydrogens is 528 g/mol. The third-order valence-corrected chi connectivity index (χ3v) is 7.14. The molecule has 9 nitrogen and oxygen atoms in total. The number of hydrogen-bond donors (Lipinski definition) is 3. The number of nitrogens with one attached hydrogen (secondary N) is 1. The molecule has 1 aliphatic rings. The molecule has 0 spiro atoms. The van der Waals surface area contributed by atoms with Crippen molar-refractivity contribution in [2.24, 2.45) is 5.73 Å². The standard InChI is InChI=1S/C21H28N2O3.C9H12N2O2S/c1-3-13-23(4-2)14-15-25-19-9-5-17(6-10-19)21(16-24)26-20-11-7-18(22)8-12-20;1-12-6-3-5-8(4-7(6)13-2)14-9(10)11-5/h5-12,16,21H,3-4,13-15,22H2,1-2H3;3-4,9,11H,10H2,1-2H3. The number of carbonyl (C=O) groups is 1. The Kier molecular flexibility index (Phi) is 12.3. The van der Waals surface area contributed by atoms with E-state index in [9.17, 15) is 4.79 Å². The molecule has 0 fully saturated rings. The van der Waals surface area contributed by atoms with Gasteiger partial charge in [0.1, 0.15) is 23.6 Å². The van der Waals surface area contributed by atoms with Crippen LogP contribution in [0.1, 0.15) is 31.9 Å². The summed E-state index contributed by atoms with van der Waals surface area (Å²) in [4.78, 5) is 14.9. The second-order valence-corrected chi connectivity index (χ2v) is 10.2. The van der Waals surface area contributed by atoms with Crippen LogP contribution in [0.4, 0.5) is 11.4 Å². The molecule has 1 aliphatic heterocycles. The molecular formula is C30H40N4O5S. The van der Waals surface area contributed by atoms with Gasteiger partial charge < -0.3 is 40.6 Å². The SMILES string of the molecule is CCCN(CC)CCOc1ccc(C(C=O)Oc2ccc(N)cc2)cc1.COc1cc2c(cc1OC)SC(N)N2. The fourth-order valence-electron chi connectivity index (χ4n) is 4.05. The highest BCUT2D eigenvalue weighted by atomic mass is 32.2. The van der Waals surface area contributed by atoms with E-state index in [-0.39, 0.29) is 5.50 Å². The number of aldehydes is 1. The third kappa shape index (κ3) is 8.97. The van der Waals surface area contributed by atoms with Crippen molar-refractivity contribution in [3.8, 4) is 23.0 Å². The second kappa shape index (κ2) is 15.9. The summed E-state index contributed by atoms with van der Waals surface area (Å²) in [5.41, 5.74) is 13.8. The van der Waals surface area contributed by atoms with Gasteiger partial charge in [-0.3, -0.25) is 4.79 Å². The molecule has 10 heteroatoms. The number of nitrogens with zero attached hydrogens (tertiary/aromatic N) is 1. The topological polar surface area (TPSA) is 121 Å². The molecule has 0 aromatic heterocycles. The van der Waals surface area contributed by atoms with E-state index in [1.165, 1.54) is 0 Å². The minimum absolute atomic E-state index is 0.0817. The zero-order valence-electron chi connectivity index (χ0n) is 23.6. The molecule has 0 radical (unpaired) electrons. The van der Waals surface area contributed by atoms with Gasteiger partial charge in [-0.05, 0) is 67.5 Å². The number of anilines is 2. The molecule has 4 rings (SSSR count). The van der Waals surface area contributed by atoms with Crippen LogP contribution in [0.3, 0.4) is 0 Å². The molecule has 0 saturated heterocycles. The van der Waals surface area contributed by atoms with Crippen LogP contribution in [0.15, 0.2) is 65.6 Å². The number of hydrogen-bond acceptors (Lipinski definition) is 10. The van der Waals surface area contributed by atoms with Crippen molar-refractivity contribution in [1.82, 2.24) is 4.90 Å². The van der Waals surface area contributed by atoms with Crippen molar-refractivity contribution in [1.29, 1.82) is 0 Å². The molecule has 0 amide bonds. The number of rotatable bonds is 13. The van der Waals surface area contributed by atoms with Gasteiger partial charge in [0, 0.05) is 23.2 Å². The van der Waals surface area contributed by atoms with E-state index in [0.29, 0.717) is 23.8 Å². The molecule has 216 valence electrons. The Balaban J connectivity index is 0.000000263.